The number of nitrogens with one attached hydrogen (secondary N) is 3. The number of benzene rings is 1. The van der Waals surface area contributed by atoms with E-state index in [9.17, 15) is 4.79 Å². The summed E-state index contributed by atoms with van der Waals surface area (Å²) in [6.07, 6.45) is 2.34. The molecule has 0 bridgehead atoms. The van der Waals surface area contributed by atoms with Crippen LogP contribution in [-0.4, -0.2) is 32.3 Å². The molecule has 2 rings (SSSR count). The van der Waals surface area contributed by atoms with Crippen molar-refractivity contribution in [2.45, 2.75) is 25.8 Å². The number of anilines is 1. The van der Waals surface area contributed by atoms with Gasteiger partial charge in [-0.15, -0.1) is 0 Å². The number of methoxy groups -OCH3 is 1. The van der Waals surface area contributed by atoms with E-state index < -0.39 is 0 Å². The van der Waals surface area contributed by atoms with Crippen molar-refractivity contribution in [3.63, 3.8) is 0 Å². The second-order valence-corrected chi connectivity index (χ2v) is 5.23. The Morgan fingerprint density at radius 1 is 1.50 bits per heavy atom. The third kappa shape index (κ3) is 4.13. The van der Waals surface area contributed by atoms with Crippen LogP contribution in [0.2, 0.25) is 0 Å². The first-order valence-corrected chi connectivity index (χ1v) is 7.11. The summed E-state index contributed by atoms with van der Waals surface area (Å²) < 4.78 is 5.13. The molecule has 1 heterocycles. The number of ether oxygens (including phenoxy) is 1. The average Bonchev–Trinajstić information content (AvgIpc) is 2.48. The Bertz CT molecular complexity index is 444. The summed E-state index contributed by atoms with van der Waals surface area (Å²) >= 11 is 0. The summed E-state index contributed by atoms with van der Waals surface area (Å²) in [5.41, 5.74) is 0.732. The summed E-state index contributed by atoms with van der Waals surface area (Å²) in [5.74, 6) is 1.23. The first-order valence-electron chi connectivity index (χ1n) is 7.11. The third-order valence-electron chi connectivity index (χ3n) is 3.73. The highest BCUT2D eigenvalue weighted by Crippen LogP contribution is 2.17. The average molecular weight is 277 g/mol. The van der Waals surface area contributed by atoms with Crippen LogP contribution in [0.4, 0.5) is 10.5 Å². The molecule has 2 amide bonds. The summed E-state index contributed by atoms with van der Waals surface area (Å²) in [4.78, 5) is 12.0. The van der Waals surface area contributed by atoms with Crippen LogP contribution < -0.4 is 20.7 Å². The summed E-state index contributed by atoms with van der Waals surface area (Å²) in [6.45, 7) is 4.11. The highest BCUT2D eigenvalue weighted by atomic mass is 16.5. The van der Waals surface area contributed by atoms with Gasteiger partial charge in [-0.25, -0.2) is 4.79 Å². The highest BCUT2D eigenvalue weighted by Gasteiger charge is 2.21. The molecular weight excluding hydrogens is 254 g/mol. The first-order chi connectivity index (χ1) is 9.69. The lowest BCUT2D eigenvalue weighted by Gasteiger charge is -2.28. The van der Waals surface area contributed by atoms with Crippen molar-refractivity contribution in [3.8, 4) is 5.75 Å². The predicted octanol–water partition coefficient (Wildman–Crippen LogP) is 2.20. The van der Waals surface area contributed by atoms with Crippen LogP contribution >= 0.6 is 0 Å². The van der Waals surface area contributed by atoms with Gasteiger partial charge in [0.1, 0.15) is 5.75 Å². The number of carbonyl (C=O) groups excluding carboxylic acids is 1. The Hall–Kier alpha value is -1.75. The highest BCUT2D eigenvalue weighted by molar-refractivity contribution is 5.89. The Kier molecular flexibility index (Phi) is 5.24. The number of piperidine rings is 1. The van der Waals surface area contributed by atoms with E-state index >= 15 is 0 Å². The van der Waals surface area contributed by atoms with Gasteiger partial charge in [0.15, 0.2) is 0 Å². The lowest BCUT2D eigenvalue weighted by Crippen LogP contribution is -2.45. The molecule has 2 atom stereocenters. The number of urea groups is 1. The minimum Gasteiger partial charge on any atom is -0.497 e. The second kappa shape index (κ2) is 7.14. The monoisotopic (exact) mass is 277 g/mol. The SMILES string of the molecule is COc1cccc(NC(=O)NC(C)C2CCCNC2)c1. The summed E-state index contributed by atoms with van der Waals surface area (Å²) in [5, 5.41) is 9.21. The Labute approximate surface area is 120 Å². The maximum Gasteiger partial charge on any atom is 0.319 e. The molecule has 1 aliphatic rings. The Morgan fingerprint density at radius 2 is 2.35 bits per heavy atom. The van der Waals surface area contributed by atoms with Crippen LogP contribution in [0.15, 0.2) is 24.3 Å². The van der Waals surface area contributed by atoms with Gasteiger partial charge in [0, 0.05) is 17.8 Å². The van der Waals surface area contributed by atoms with Crippen molar-refractivity contribution >= 4 is 11.7 Å². The van der Waals surface area contributed by atoms with Crippen molar-refractivity contribution in [3.05, 3.63) is 24.3 Å². The van der Waals surface area contributed by atoms with Crippen LogP contribution in [-0.2, 0) is 0 Å². The normalized spacial score (nSPS) is 20.0. The van der Waals surface area contributed by atoms with E-state index in [1.807, 2.05) is 18.2 Å². The van der Waals surface area contributed by atoms with E-state index in [0.717, 1.165) is 30.9 Å². The molecule has 1 aromatic rings. The van der Waals surface area contributed by atoms with Crippen LogP contribution in [0.3, 0.4) is 0 Å². The van der Waals surface area contributed by atoms with Crippen molar-refractivity contribution in [1.82, 2.24) is 10.6 Å². The van der Waals surface area contributed by atoms with Crippen molar-refractivity contribution < 1.29 is 9.53 Å². The van der Waals surface area contributed by atoms with E-state index in [2.05, 4.69) is 22.9 Å². The minimum absolute atomic E-state index is 0.161. The molecule has 1 aliphatic heterocycles. The molecule has 0 aliphatic carbocycles. The van der Waals surface area contributed by atoms with Crippen LogP contribution in [0.25, 0.3) is 0 Å². The van der Waals surface area contributed by atoms with Crippen LogP contribution in [0, 0.1) is 5.92 Å². The molecule has 0 aromatic heterocycles. The fraction of sp³-hybridized carbons (Fsp3) is 0.533. The molecular formula is C15H23N3O2. The van der Waals surface area contributed by atoms with Crippen LogP contribution in [0.5, 0.6) is 5.75 Å². The molecule has 0 radical (unpaired) electrons. The lowest BCUT2D eigenvalue weighted by atomic mass is 9.93. The molecule has 5 nitrogen and oxygen atoms in total. The third-order valence-corrected chi connectivity index (χ3v) is 3.73. The van der Waals surface area contributed by atoms with E-state index in [4.69, 9.17) is 4.74 Å². The Morgan fingerprint density at radius 3 is 3.05 bits per heavy atom. The van der Waals surface area contributed by atoms with Gasteiger partial charge in [-0.3, -0.25) is 0 Å². The number of hydrogen-bond acceptors (Lipinski definition) is 3. The molecule has 20 heavy (non-hydrogen) atoms. The summed E-state index contributed by atoms with van der Waals surface area (Å²) in [7, 11) is 1.61. The summed E-state index contributed by atoms with van der Waals surface area (Å²) in [6, 6.07) is 7.33. The smallest absolute Gasteiger partial charge is 0.319 e. The number of amides is 2. The van der Waals surface area contributed by atoms with Gasteiger partial charge in [-0.05, 0) is 50.9 Å². The lowest BCUT2D eigenvalue weighted by molar-refractivity contribution is 0.238. The zero-order chi connectivity index (χ0) is 14.4. The zero-order valence-electron chi connectivity index (χ0n) is 12.1. The molecule has 1 fully saturated rings. The van der Waals surface area contributed by atoms with Crippen molar-refractivity contribution in [2.75, 3.05) is 25.5 Å². The van der Waals surface area contributed by atoms with Crippen molar-refractivity contribution in [1.29, 1.82) is 0 Å². The van der Waals surface area contributed by atoms with Gasteiger partial charge in [0.25, 0.3) is 0 Å². The first kappa shape index (κ1) is 14.7. The van der Waals surface area contributed by atoms with Gasteiger partial charge < -0.3 is 20.7 Å². The fourth-order valence-corrected chi connectivity index (χ4v) is 2.50. The number of hydrogen-bond donors (Lipinski definition) is 3. The molecule has 5 heteroatoms. The topological polar surface area (TPSA) is 62.4 Å². The van der Waals surface area contributed by atoms with Crippen LogP contribution in [0.1, 0.15) is 19.8 Å². The van der Waals surface area contributed by atoms with Gasteiger partial charge in [0.2, 0.25) is 0 Å². The van der Waals surface area contributed by atoms with E-state index in [1.54, 1.807) is 13.2 Å². The fourth-order valence-electron chi connectivity index (χ4n) is 2.50. The second-order valence-electron chi connectivity index (χ2n) is 5.23. The maximum absolute atomic E-state index is 12.0. The molecule has 3 N–H and O–H groups in total. The standard InChI is InChI=1S/C15H23N3O2/c1-11(12-5-4-8-16-10-12)17-15(19)18-13-6-3-7-14(9-13)20-2/h3,6-7,9,11-12,16H,4-5,8,10H2,1-2H3,(H2,17,18,19). The van der Waals surface area contributed by atoms with Gasteiger partial charge in [0.05, 0.1) is 7.11 Å². The molecule has 1 aromatic carbocycles. The molecule has 110 valence electrons. The van der Waals surface area contributed by atoms with E-state index in [1.165, 1.54) is 6.42 Å². The molecule has 1 saturated heterocycles. The van der Waals surface area contributed by atoms with E-state index in [-0.39, 0.29) is 12.1 Å². The van der Waals surface area contributed by atoms with Gasteiger partial charge in [-0.2, -0.15) is 0 Å². The largest absolute Gasteiger partial charge is 0.497 e. The number of rotatable bonds is 4. The van der Waals surface area contributed by atoms with Gasteiger partial charge in [-0.1, -0.05) is 6.07 Å². The predicted molar refractivity (Wildman–Crippen MR) is 80.2 cm³/mol. The molecule has 0 spiro atoms. The minimum atomic E-state index is -0.170. The maximum atomic E-state index is 12.0. The quantitative estimate of drug-likeness (QED) is 0.790. The van der Waals surface area contributed by atoms with Gasteiger partial charge >= 0.3 is 6.03 Å². The van der Waals surface area contributed by atoms with E-state index in [0.29, 0.717) is 5.92 Å². The molecule has 2 unspecified atom stereocenters. The molecule has 0 saturated carbocycles. The number of carbonyl (C=O) groups is 1. The zero-order valence-corrected chi connectivity index (χ0v) is 12.1. The Balaban J connectivity index is 1.84. The van der Waals surface area contributed by atoms with Crippen molar-refractivity contribution in [2.24, 2.45) is 5.92 Å².